The van der Waals surface area contributed by atoms with Crippen molar-refractivity contribution in [2.24, 2.45) is 5.73 Å². The zero-order valence-corrected chi connectivity index (χ0v) is 11.2. The smallest absolute Gasteiger partial charge is 0.123 e. The molecule has 17 heavy (non-hydrogen) atoms. The lowest BCUT2D eigenvalue weighted by Crippen LogP contribution is -2.27. The van der Waals surface area contributed by atoms with Gasteiger partial charge in [-0.1, -0.05) is 25.2 Å². The minimum Gasteiger partial charge on any atom is -0.393 e. The normalized spacial score (nSPS) is 10.8. The number of nitrogens with zero attached hydrogens (tertiary/aromatic N) is 1. The van der Waals surface area contributed by atoms with E-state index in [0.29, 0.717) is 11.4 Å². The van der Waals surface area contributed by atoms with Gasteiger partial charge in [0, 0.05) is 19.5 Å². The molecule has 94 valence electrons. The Hall–Kier alpha value is -1.00. The highest BCUT2D eigenvalue weighted by Crippen LogP contribution is 2.13. The second kappa shape index (κ2) is 6.67. The molecule has 1 rings (SSSR count). The fourth-order valence-electron chi connectivity index (χ4n) is 1.67. The van der Waals surface area contributed by atoms with Gasteiger partial charge in [-0.3, -0.25) is 4.90 Å². The highest BCUT2D eigenvalue weighted by atomic mass is 32.1. The predicted molar refractivity (Wildman–Crippen MR) is 73.5 cm³/mol. The van der Waals surface area contributed by atoms with E-state index in [1.807, 2.05) is 13.0 Å². The van der Waals surface area contributed by atoms with Crippen LogP contribution in [0.1, 0.15) is 24.5 Å². The van der Waals surface area contributed by atoms with Crippen molar-refractivity contribution in [1.29, 1.82) is 0 Å². The van der Waals surface area contributed by atoms with Crippen LogP contribution in [0.4, 0.5) is 4.39 Å². The lowest BCUT2D eigenvalue weighted by molar-refractivity contribution is 0.287. The fraction of sp³-hybridized carbons (Fsp3) is 0.462. The van der Waals surface area contributed by atoms with E-state index in [1.165, 1.54) is 6.07 Å². The van der Waals surface area contributed by atoms with Gasteiger partial charge >= 0.3 is 0 Å². The van der Waals surface area contributed by atoms with E-state index in [-0.39, 0.29) is 5.82 Å². The largest absolute Gasteiger partial charge is 0.393 e. The van der Waals surface area contributed by atoms with Gasteiger partial charge in [-0.25, -0.2) is 4.39 Å². The maximum Gasteiger partial charge on any atom is 0.123 e. The fourth-order valence-corrected chi connectivity index (χ4v) is 1.76. The Labute approximate surface area is 108 Å². The van der Waals surface area contributed by atoms with Crippen LogP contribution in [0.2, 0.25) is 0 Å². The summed E-state index contributed by atoms with van der Waals surface area (Å²) < 4.78 is 13.2. The third-order valence-corrected chi connectivity index (χ3v) is 3.03. The molecule has 2 nitrogen and oxygen atoms in total. The van der Waals surface area contributed by atoms with Crippen molar-refractivity contribution < 1.29 is 4.39 Å². The van der Waals surface area contributed by atoms with Crippen LogP contribution in [0.5, 0.6) is 0 Å². The monoisotopic (exact) mass is 254 g/mol. The van der Waals surface area contributed by atoms with Gasteiger partial charge in [-0.05, 0) is 36.7 Å². The Morgan fingerprint density at radius 1 is 1.47 bits per heavy atom. The number of nitrogens with two attached hydrogens (primary N) is 1. The summed E-state index contributed by atoms with van der Waals surface area (Å²) in [6, 6.07) is 4.90. The Morgan fingerprint density at radius 3 is 2.76 bits per heavy atom. The molecule has 0 amide bonds. The summed E-state index contributed by atoms with van der Waals surface area (Å²) >= 11 is 4.86. The Morgan fingerprint density at radius 2 is 2.18 bits per heavy atom. The van der Waals surface area contributed by atoms with Crippen LogP contribution in [0, 0.1) is 12.7 Å². The summed E-state index contributed by atoms with van der Waals surface area (Å²) in [4.78, 5) is 2.74. The van der Waals surface area contributed by atoms with Crippen molar-refractivity contribution >= 4 is 17.2 Å². The summed E-state index contributed by atoms with van der Waals surface area (Å²) in [7, 11) is 0. The second-order valence-corrected chi connectivity index (χ2v) is 4.68. The maximum absolute atomic E-state index is 13.2. The van der Waals surface area contributed by atoms with Gasteiger partial charge in [-0.2, -0.15) is 0 Å². The Bertz CT molecular complexity index is 393. The van der Waals surface area contributed by atoms with Gasteiger partial charge in [0.2, 0.25) is 0 Å². The van der Waals surface area contributed by atoms with E-state index in [4.69, 9.17) is 18.0 Å². The van der Waals surface area contributed by atoms with Crippen molar-refractivity contribution in [1.82, 2.24) is 4.90 Å². The molecule has 0 spiro atoms. The Kier molecular flexibility index (Phi) is 5.51. The zero-order valence-electron chi connectivity index (χ0n) is 10.4. The van der Waals surface area contributed by atoms with E-state index in [0.717, 1.165) is 30.8 Å². The molecule has 2 N–H and O–H groups in total. The van der Waals surface area contributed by atoms with Gasteiger partial charge in [0.1, 0.15) is 5.82 Å². The second-order valence-electron chi connectivity index (χ2n) is 4.16. The van der Waals surface area contributed by atoms with Crippen LogP contribution >= 0.6 is 12.2 Å². The topological polar surface area (TPSA) is 29.3 Å². The molecule has 1 aromatic carbocycles. The summed E-state index contributed by atoms with van der Waals surface area (Å²) in [5.41, 5.74) is 7.62. The third kappa shape index (κ3) is 4.79. The lowest BCUT2D eigenvalue weighted by atomic mass is 10.1. The number of halogens is 1. The predicted octanol–water partition coefficient (Wildman–Crippen LogP) is 2.63. The molecule has 0 saturated heterocycles. The molecular weight excluding hydrogens is 235 g/mol. The van der Waals surface area contributed by atoms with Crippen molar-refractivity contribution in [2.75, 3.05) is 13.1 Å². The van der Waals surface area contributed by atoms with Crippen molar-refractivity contribution in [3.05, 3.63) is 35.1 Å². The molecule has 0 atom stereocenters. The summed E-state index contributed by atoms with van der Waals surface area (Å²) in [6.45, 7) is 6.54. The molecule has 0 radical (unpaired) electrons. The SMILES string of the molecule is CCN(CCC(N)=S)Cc1cc(F)ccc1C. The minimum absolute atomic E-state index is 0.184. The highest BCUT2D eigenvalue weighted by molar-refractivity contribution is 7.80. The molecule has 0 fully saturated rings. The lowest BCUT2D eigenvalue weighted by Gasteiger charge is -2.21. The van der Waals surface area contributed by atoms with Crippen LogP contribution < -0.4 is 5.73 Å². The van der Waals surface area contributed by atoms with Gasteiger partial charge in [0.25, 0.3) is 0 Å². The molecule has 1 aromatic rings. The average Bonchev–Trinajstić information content (AvgIpc) is 2.28. The number of benzene rings is 1. The zero-order chi connectivity index (χ0) is 12.8. The molecule has 0 bridgehead atoms. The first-order valence-electron chi connectivity index (χ1n) is 5.78. The first-order valence-corrected chi connectivity index (χ1v) is 6.19. The average molecular weight is 254 g/mol. The first-order chi connectivity index (χ1) is 8.02. The maximum atomic E-state index is 13.2. The highest BCUT2D eigenvalue weighted by Gasteiger charge is 2.07. The molecule has 0 aliphatic heterocycles. The van der Waals surface area contributed by atoms with Crippen LogP contribution in [-0.4, -0.2) is 23.0 Å². The molecular formula is C13H19FN2S. The molecule has 0 heterocycles. The van der Waals surface area contributed by atoms with E-state index < -0.39 is 0 Å². The van der Waals surface area contributed by atoms with Gasteiger partial charge in [0.15, 0.2) is 0 Å². The Balaban J connectivity index is 2.66. The van der Waals surface area contributed by atoms with Crippen LogP contribution in [-0.2, 0) is 6.54 Å². The van der Waals surface area contributed by atoms with Crippen molar-refractivity contribution in [3.8, 4) is 0 Å². The number of hydrogen-bond acceptors (Lipinski definition) is 2. The van der Waals surface area contributed by atoms with Gasteiger partial charge in [-0.15, -0.1) is 0 Å². The van der Waals surface area contributed by atoms with E-state index >= 15 is 0 Å². The van der Waals surface area contributed by atoms with Crippen molar-refractivity contribution in [2.45, 2.75) is 26.8 Å². The quantitative estimate of drug-likeness (QED) is 0.791. The van der Waals surface area contributed by atoms with E-state index in [9.17, 15) is 4.39 Å². The minimum atomic E-state index is -0.184. The molecule has 4 heteroatoms. The van der Waals surface area contributed by atoms with Crippen LogP contribution in [0.25, 0.3) is 0 Å². The third-order valence-electron chi connectivity index (χ3n) is 2.83. The molecule has 0 saturated carbocycles. The van der Waals surface area contributed by atoms with Crippen LogP contribution in [0.15, 0.2) is 18.2 Å². The molecule has 0 aliphatic rings. The summed E-state index contributed by atoms with van der Waals surface area (Å²) in [5, 5.41) is 0. The first kappa shape index (κ1) is 14.1. The molecule has 0 unspecified atom stereocenters. The summed E-state index contributed by atoms with van der Waals surface area (Å²) in [5.74, 6) is -0.184. The molecule has 0 aliphatic carbocycles. The standard InChI is InChI=1S/C13H19FN2S/c1-3-16(7-6-13(15)17)9-11-8-12(14)5-4-10(11)2/h4-5,8H,3,6-7,9H2,1-2H3,(H2,15,17). The van der Waals surface area contributed by atoms with Gasteiger partial charge in [0.05, 0.1) is 4.99 Å². The van der Waals surface area contributed by atoms with E-state index in [2.05, 4.69) is 11.8 Å². The van der Waals surface area contributed by atoms with E-state index in [1.54, 1.807) is 6.07 Å². The molecule has 0 aromatic heterocycles. The number of thiocarbonyl (C=S) groups is 1. The number of hydrogen-bond donors (Lipinski definition) is 1. The van der Waals surface area contributed by atoms with Crippen molar-refractivity contribution in [3.63, 3.8) is 0 Å². The summed E-state index contributed by atoms with van der Waals surface area (Å²) in [6.07, 6.45) is 0.706. The number of aryl methyl sites for hydroxylation is 1. The van der Waals surface area contributed by atoms with Gasteiger partial charge < -0.3 is 5.73 Å². The van der Waals surface area contributed by atoms with Crippen LogP contribution in [0.3, 0.4) is 0 Å². The number of rotatable bonds is 6.